The Morgan fingerprint density at radius 1 is 1.25 bits per heavy atom. The molecule has 0 amide bonds. The molecule has 1 aliphatic rings. The van der Waals surface area contributed by atoms with Crippen LogP contribution in [0.1, 0.15) is 22.5 Å². The molecule has 1 aliphatic heterocycles. The van der Waals surface area contributed by atoms with Gasteiger partial charge < -0.3 is 10.1 Å². The highest BCUT2D eigenvalue weighted by molar-refractivity contribution is 5.39. The van der Waals surface area contributed by atoms with E-state index in [0.29, 0.717) is 0 Å². The number of rotatable bonds is 5. The van der Waals surface area contributed by atoms with Gasteiger partial charge in [0.25, 0.3) is 0 Å². The lowest BCUT2D eigenvalue weighted by Gasteiger charge is -2.06. The molecule has 0 spiro atoms. The highest BCUT2D eigenvalue weighted by Crippen LogP contribution is 2.25. The molecular weight excluding hydrogens is 248 g/mol. The predicted molar refractivity (Wildman–Crippen MR) is 80.0 cm³/mol. The second-order valence-corrected chi connectivity index (χ2v) is 5.24. The van der Waals surface area contributed by atoms with Gasteiger partial charge >= 0.3 is 0 Å². The highest BCUT2D eigenvalue weighted by atomic mass is 16.5. The van der Waals surface area contributed by atoms with E-state index >= 15 is 0 Å². The highest BCUT2D eigenvalue weighted by Gasteiger charge is 2.11. The molecule has 0 saturated heterocycles. The Hall–Kier alpha value is -1.87. The number of hydrogen-bond donors (Lipinski definition) is 1. The fraction of sp³-hybridized carbons (Fsp3) is 0.353. The van der Waals surface area contributed by atoms with Crippen molar-refractivity contribution >= 4 is 0 Å². The summed E-state index contributed by atoms with van der Waals surface area (Å²) in [5.41, 5.74) is 4.90. The van der Waals surface area contributed by atoms with E-state index in [9.17, 15) is 0 Å². The summed E-state index contributed by atoms with van der Waals surface area (Å²) in [4.78, 5) is 4.49. The van der Waals surface area contributed by atoms with Crippen LogP contribution in [0, 0.1) is 6.92 Å². The molecule has 0 aliphatic carbocycles. The van der Waals surface area contributed by atoms with Crippen LogP contribution in [0.5, 0.6) is 5.75 Å². The first kappa shape index (κ1) is 13.1. The van der Waals surface area contributed by atoms with Crippen LogP contribution < -0.4 is 10.1 Å². The summed E-state index contributed by atoms with van der Waals surface area (Å²) in [7, 11) is 0. The molecule has 0 saturated carbocycles. The molecule has 0 bridgehead atoms. The van der Waals surface area contributed by atoms with Crippen LogP contribution in [0.4, 0.5) is 0 Å². The number of aromatic nitrogens is 1. The van der Waals surface area contributed by atoms with Crippen molar-refractivity contribution in [3.05, 3.63) is 58.9 Å². The topological polar surface area (TPSA) is 34.1 Å². The van der Waals surface area contributed by atoms with Crippen LogP contribution in [-0.2, 0) is 19.4 Å². The maximum atomic E-state index is 5.52. The normalized spacial score (nSPS) is 13.1. The van der Waals surface area contributed by atoms with Crippen LogP contribution in [-0.4, -0.2) is 18.1 Å². The van der Waals surface area contributed by atoms with Gasteiger partial charge in [-0.25, -0.2) is 0 Å². The molecule has 2 aromatic rings. The first-order valence-corrected chi connectivity index (χ1v) is 7.19. The number of fused-ring (bicyclic) bond motifs is 1. The summed E-state index contributed by atoms with van der Waals surface area (Å²) < 4.78 is 5.52. The van der Waals surface area contributed by atoms with Crippen LogP contribution >= 0.6 is 0 Å². The quantitative estimate of drug-likeness (QED) is 0.847. The average Bonchev–Trinajstić information content (AvgIpc) is 2.91. The minimum absolute atomic E-state index is 0.829. The fourth-order valence-corrected chi connectivity index (χ4v) is 2.54. The van der Waals surface area contributed by atoms with Gasteiger partial charge in [-0.3, -0.25) is 4.98 Å². The molecule has 1 N–H and O–H groups in total. The smallest absolute Gasteiger partial charge is 0.122 e. The second kappa shape index (κ2) is 6.06. The van der Waals surface area contributed by atoms with Crippen LogP contribution in [0.25, 0.3) is 0 Å². The van der Waals surface area contributed by atoms with E-state index in [2.05, 4.69) is 40.6 Å². The summed E-state index contributed by atoms with van der Waals surface area (Å²) in [6.45, 7) is 4.65. The Bertz CT molecular complexity index is 595. The largest absolute Gasteiger partial charge is 0.493 e. The average molecular weight is 268 g/mol. The monoisotopic (exact) mass is 268 g/mol. The molecule has 20 heavy (non-hydrogen) atoms. The van der Waals surface area contributed by atoms with Crippen molar-refractivity contribution in [2.24, 2.45) is 0 Å². The lowest BCUT2D eigenvalue weighted by atomic mass is 10.1. The van der Waals surface area contributed by atoms with Crippen molar-refractivity contribution in [2.45, 2.75) is 26.3 Å². The molecule has 104 valence electrons. The number of hydrogen-bond acceptors (Lipinski definition) is 3. The zero-order valence-electron chi connectivity index (χ0n) is 11.9. The first-order chi connectivity index (χ1) is 9.81. The number of aryl methyl sites for hydroxylation is 1. The van der Waals surface area contributed by atoms with Crippen molar-refractivity contribution < 1.29 is 4.74 Å². The van der Waals surface area contributed by atoms with Gasteiger partial charge in [0.2, 0.25) is 0 Å². The van der Waals surface area contributed by atoms with E-state index in [-0.39, 0.29) is 0 Å². The van der Waals surface area contributed by atoms with Gasteiger partial charge in [-0.15, -0.1) is 0 Å². The van der Waals surface area contributed by atoms with Crippen molar-refractivity contribution in [1.29, 1.82) is 0 Å². The molecule has 3 rings (SSSR count). The van der Waals surface area contributed by atoms with Crippen LogP contribution in [0.3, 0.4) is 0 Å². The summed E-state index contributed by atoms with van der Waals surface area (Å²) >= 11 is 0. The summed E-state index contributed by atoms with van der Waals surface area (Å²) in [5.74, 6) is 1.06. The van der Waals surface area contributed by atoms with Gasteiger partial charge in [0.1, 0.15) is 5.75 Å². The Morgan fingerprint density at radius 3 is 3.10 bits per heavy atom. The zero-order chi connectivity index (χ0) is 13.8. The lowest BCUT2D eigenvalue weighted by molar-refractivity contribution is 0.357. The Kier molecular flexibility index (Phi) is 3.97. The molecule has 1 aromatic heterocycles. The fourth-order valence-electron chi connectivity index (χ4n) is 2.54. The van der Waals surface area contributed by atoms with Gasteiger partial charge in [-0.1, -0.05) is 18.2 Å². The third-order valence-electron chi connectivity index (χ3n) is 3.60. The van der Waals surface area contributed by atoms with Crippen molar-refractivity contribution in [3.8, 4) is 5.75 Å². The third-order valence-corrected chi connectivity index (χ3v) is 3.60. The maximum Gasteiger partial charge on any atom is 0.122 e. The molecule has 3 heteroatoms. The number of benzene rings is 1. The van der Waals surface area contributed by atoms with Crippen molar-refractivity contribution in [2.75, 3.05) is 13.2 Å². The van der Waals surface area contributed by atoms with Gasteiger partial charge in [-0.05, 0) is 49.2 Å². The third kappa shape index (κ3) is 3.17. The molecule has 0 radical (unpaired) electrons. The van der Waals surface area contributed by atoms with E-state index < -0.39 is 0 Å². The second-order valence-electron chi connectivity index (χ2n) is 5.24. The van der Waals surface area contributed by atoms with E-state index in [4.69, 9.17) is 4.74 Å². The Morgan fingerprint density at radius 2 is 2.20 bits per heavy atom. The Balaban J connectivity index is 1.48. The van der Waals surface area contributed by atoms with E-state index in [0.717, 1.165) is 49.7 Å². The van der Waals surface area contributed by atoms with Crippen molar-refractivity contribution in [3.63, 3.8) is 0 Å². The molecule has 0 unspecified atom stereocenters. The van der Waals surface area contributed by atoms with Gasteiger partial charge in [0.05, 0.1) is 12.3 Å². The number of pyridine rings is 1. The maximum absolute atomic E-state index is 5.52. The molecule has 0 atom stereocenters. The Labute approximate surface area is 120 Å². The van der Waals surface area contributed by atoms with Crippen molar-refractivity contribution in [1.82, 2.24) is 10.3 Å². The summed E-state index contributed by atoms with van der Waals surface area (Å²) in [6, 6.07) is 12.7. The van der Waals surface area contributed by atoms with E-state index in [1.807, 2.05) is 13.0 Å². The number of nitrogens with one attached hydrogen (secondary N) is 1. The number of nitrogens with zero attached hydrogens (tertiary/aromatic N) is 1. The number of ether oxygens (including phenoxy) is 1. The van der Waals surface area contributed by atoms with Crippen LogP contribution in [0.15, 0.2) is 36.4 Å². The summed E-state index contributed by atoms with van der Waals surface area (Å²) in [5, 5.41) is 3.45. The van der Waals surface area contributed by atoms with E-state index in [1.165, 1.54) is 11.1 Å². The molecule has 3 nitrogen and oxygen atoms in total. The molecule has 0 fully saturated rings. The van der Waals surface area contributed by atoms with Gasteiger partial charge in [-0.2, -0.15) is 0 Å². The summed E-state index contributed by atoms with van der Waals surface area (Å²) in [6.07, 6.45) is 2.09. The standard InChI is InChI=1S/C17H20N2O/c1-13-3-2-4-16(19-13)12-18-9-7-14-5-6-17-15(11-14)8-10-20-17/h2-6,11,18H,7-10,12H2,1H3. The predicted octanol–water partition coefficient (Wildman–Crippen LogP) is 2.66. The zero-order valence-corrected chi connectivity index (χ0v) is 11.9. The van der Waals surface area contributed by atoms with E-state index in [1.54, 1.807) is 0 Å². The minimum atomic E-state index is 0.829. The minimum Gasteiger partial charge on any atom is -0.493 e. The van der Waals surface area contributed by atoms with Gasteiger partial charge in [0, 0.05) is 18.7 Å². The lowest BCUT2D eigenvalue weighted by Crippen LogP contribution is -2.17. The molecule has 1 aromatic carbocycles. The SMILES string of the molecule is Cc1cccc(CNCCc2ccc3c(c2)CCO3)n1. The van der Waals surface area contributed by atoms with Gasteiger partial charge in [0.15, 0.2) is 0 Å². The first-order valence-electron chi connectivity index (χ1n) is 7.19. The van der Waals surface area contributed by atoms with Crippen LogP contribution in [0.2, 0.25) is 0 Å². The molecular formula is C17H20N2O. The molecule has 2 heterocycles.